The molecule has 1 rings (SSSR count). The van der Waals surface area contributed by atoms with Crippen LogP contribution in [0.5, 0.6) is 0 Å². The van der Waals surface area contributed by atoms with Crippen molar-refractivity contribution in [2.75, 3.05) is 0 Å². The summed E-state index contributed by atoms with van der Waals surface area (Å²) in [6.45, 7) is 1.59. The third kappa shape index (κ3) is 2.33. The molecule has 0 fully saturated rings. The average molecular weight is 155 g/mol. The monoisotopic (exact) mass is 155 g/mol. The maximum atomic E-state index is 10.6. The Labute approximate surface area is 63.5 Å². The summed E-state index contributed by atoms with van der Waals surface area (Å²) in [5.74, 6) is 0. The smallest absolute Gasteiger partial charge is 0.141 e. The van der Waals surface area contributed by atoms with Crippen LogP contribution in [0.1, 0.15) is 6.92 Å². The molecule has 0 aliphatic carbocycles. The number of hydrogen-bond donors (Lipinski definition) is 0. The number of aromatic nitrogens is 2. The van der Waals surface area contributed by atoms with Gasteiger partial charge in [-0.25, -0.2) is 15.1 Å². The van der Waals surface area contributed by atoms with Crippen LogP contribution in [0.3, 0.4) is 0 Å². The first-order chi connectivity index (χ1) is 4.79. The first-order valence-electron chi connectivity index (χ1n) is 2.87. The Kier molecular flexibility index (Phi) is 2.65. The van der Waals surface area contributed by atoms with Crippen LogP contribution in [0, 0.1) is 0 Å². The summed E-state index contributed by atoms with van der Waals surface area (Å²) in [5, 5.41) is 11.3. The van der Waals surface area contributed by atoms with Crippen molar-refractivity contribution in [3.8, 4) is 0 Å². The minimum absolute atomic E-state index is 0.658. The maximum absolute atomic E-state index is 10.6. The molecular formula is C6H7N2OS. The molecule has 1 unspecified atom stereocenters. The van der Waals surface area contributed by atoms with Crippen LogP contribution in [0.2, 0.25) is 0 Å². The van der Waals surface area contributed by atoms with Crippen molar-refractivity contribution in [1.29, 1.82) is 0 Å². The lowest BCUT2D eigenvalue weighted by Gasteiger charge is -1.97. The number of thioether (sulfide) groups is 1. The molecule has 1 atom stereocenters. The summed E-state index contributed by atoms with van der Waals surface area (Å²) < 4.78 is 0. The summed E-state index contributed by atoms with van der Waals surface area (Å²) in [6.07, 6.45) is 3.06. The molecule has 1 heterocycles. The van der Waals surface area contributed by atoms with Gasteiger partial charge in [0.15, 0.2) is 0 Å². The molecule has 0 saturated heterocycles. The zero-order valence-electron chi connectivity index (χ0n) is 5.52. The van der Waals surface area contributed by atoms with E-state index in [0.717, 1.165) is 5.03 Å². The summed E-state index contributed by atoms with van der Waals surface area (Å²) in [6, 6.07) is 1.72. The van der Waals surface area contributed by atoms with Crippen LogP contribution in [0.25, 0.3) is 0 Å². The van der Waals surface area contributed by atoms with Crippen molar-refractivity contribution in [3.63, 3.8) is 0 Å². The molecule has 0 N–H and O–H groups in total. The summed E-state index contributed by atoms with van der Waals surface area (Å²) in [4.78, 5) is 7.60. The molecule has 1 radical (unpaired) electrons. The van der Waals surface area contributed by atoms with Crippen LogP contribution in [0.4, 0.5) is 0 Å². The van der Waals surface area contributed by atoms with E-state index in [2.05, 4.69) is 9.97 Å². The van der Waals surface area contributed by atoms with Gasteiger partial charge in [0.25, 0.3) is 0 Å². The van der Waals surface area contributed by atoms with E-state index < -0.39 is 5.44 Å². The van der Waals surface area contributed by atoms with Gasteiger partial charge in [0.1, 0.15) is 16.8 Å². The number of nitrogens with zero attached hydrogens (tertiary/aromatic N) is 2. The third-order valence-corrected chi connectivity index (χ3v) is 1.66. The van der Waals surface area contributed by atoms with E-state index in [0.29, 0.717) is 0 Å². The first-order valence-corrected chi connectivity index (χ1v) is 3.75. The zero-order chi connectivity index (χ0) is 7.40. The van der Waals surface area contributed by atoms with Gasteiger partial charge >= 0.3 is 0 Å². The van der Waals surface area contributed by atoms with Crippen LogP contribution in [-0.2, 0) is 5.11 Å². The van der Waals surface area contributed by atoms with Crippen molar-refractivity contribution in [2.24, 2.45) is 0 Å². The molecule has 0 aromatic carbocycles. The highest BCUT2D eigenvalue weighted by atomic mass is 32.2. The quantitative estimate of drug-likeness (QED) is 0.368. The largest absolute Gasteiger partial charge is 0.245 e. The Morgan fingerprint density at radius 3 is 3.00 bits per heavy atom. The molecule has 0 saturated carbocycles. The molecule has 0 aliphatic rings. The third-order valence-electron chi connectivity index (χ3n) is 0.842. The van der Waals surface area contributed by atoms with Gasteiger partial charge in [-0.15, -0.1) is 0 Å². The molecule has 0 bridgehead atoms. The van der Waals surface area contributed by atoms with Crippen LogP contribution in [0.15, 0.2) is 23.6 Å². The molecular weight excluding hydrogens is 148 g/mol. The van der Waals surface area contributed by atoms with E-state index >= 15 is 0 Å². The molecule has 3 nitrogen and oxygen atoms in total. The molecule has 10 heavy (non-hydrogen) atoms. The second kappa shape index (κ2) is 3.53. The minimum Gasteiger partial charge on any atom is -0.245 e. The Morgan fingerprint density at radius 1 is 1.70 bits per heavy atom. The second-order valence-electron chi connectivity index (χ2n) is 1.73. The van der Waals surface area contributed by atoms with E-state index in [-0.39, 0.29) is 0 Å². The average Bonchev–Trinajstić information content (AvgIpc) is 1.88. The SMILES string of the molecule is CC([O])Sc1ccncn1. The summed E-state index contributed by atoms with van der Waals surface area (Å²) in [7, 11) is 0. The highest BCUT2D eigenvalue weighted by Crippen LogP contribution is 2.17. The van der Waals surface area contributed by atoms with E-state index in [1.807, 2.05) is 0 Å². The Balaban J connectivity index is 2.59. The molecule has 0 spiro atoms. The lowest BCUT2D eigenvalue weighted by atomic mass is 10.7. The highest BCUT2D eigenvalue weighted by Gasteiger charge is 1.99. The van der Waals surface area contributed by atoms with Gasteiger partial charge in [-0.3, -0.25) is 0 Å². The van der Waals surface area contributed by atoms with Gasteiger partial charge in [0, 0.05) is 6.20 Å². The predicted molar refractivity (Wildman–Crippen MR) is 38.0 cm³/mol. The Hall–Kier alpha value is -0.610. The van der Waals surface area contributed by atoms with Crippen molar-refractivity contribution >= 4 is 11.8 Å². The van der Waals surface area contributed by atoms with E-state index in [9.17, 15) is 5.11 Å². The van der Waals surface area contributed by atoms with E-state index in [1.54, 1.807) is 19.2 Å². The van der Waals surface area contributed by atoms with Gasteiger partial charge in [-0.05, 0) is 13.0 Å². The van der Waals surface area contributed by atoms with E-state index in [1.165, 1.54) is 18.1 Å². The van der Waals surface area contributed by atoms with Crippen molar-refractivity contribution in [3.05, 3.63) is 18.6 Å². The van der Waals surface area contributed by atoms with Crippen LogP contribution < -0.4 is 0 Å². The van der Waals surface area contributed by atoms with Crippen LogP contribution in [-0.4, -0.2) is 15.4 Å². The Bertz CT molecular complexity index is 190. The van der Waals surface area contributed by atoms with Gasteiger partial charge in [0.05, 0.1) is 0 Å². The second-order valence-corrected chi connectivity index (χ2v) is 3.05. The van der Waals surface area contributed by atoms with Gasteiger partial charge in [0.2, 0.25) is 0 Å². The lowest BCUT2D eigenvalue weighted by molar-refractivity contribution is 0.181. The van der Waals surface area contributed by atoms with Gasteiger partial charge in [-0.1, -0.05) is 11.8 Å². The fourth-order valence-corrected chi connectivity index (χ4v) is 1.11. The minimum atomic E-state index is -0.658. The first kappa shape index (κ1) is 7.50. The molecule has 0 amide bonds. The lowest BCUT2D eigenvalue weighted by Crippen LogP contribution is -1.90. The molecule has 4 heteroatoms. The highest BCUT2D eigenvalue weighted by molar-refractivity contribution is 7.99. The topological polar surface area (TPSA) is 45.7 Å². The van der Waals surface area contributed by atoms with Crippen molar-refractivity contribution < 1.29 is 5.11 Å². The van der Waals surface area contributed by atoms with Crippen molar-refractivity contribution in [2.45, 2.75) is 17.4 Å². The number of hydrogen-bond acceptors (Lipinski definition) is 3. The Morgan fingerprint density at radius 2 is 2.50 bits per heavy atom. The molecule has 1 aromatic rings. The van der Waals surface area contributed by atoms with E-state index in [4.69, 9.17) is 0 Å². The fourth-order valence-electron chi connectivity index (χ4n) is 0.518. The van der Waals surface area contributed by atoms with Crippen LogP contribution >= 0.6 is 11.8 Å². The van der Waals surface area contributed by atoms with Gasteiger partial charge in [-0.2, -0.15) is 0 Å². The standard InChI is InChI=1S/C6H7N2OS/c1-5(9)10-6-2-3-7-4-8-6/h2-5H,1H3. The zero-order valence-corrected chi connectivity index (χ0v) is 6.34. The summed E-state index contributed by atoms with van der Waals surface area (Å²) >= 11 is 1.19. The fraction of sp³-hybridized carbons (Fsp3) is 0.333. The number of rotatable bonds is 2. The molecule has 1 aromatic heterocycles. The molecule has 53 valence electrons. The van der Waals surface area contributed by atoms with Gasteiger partial charge < -0.3 is 0 Å². The molecule has 0 aliphatic heterocycles. The van der Waals surface area contributed by atoms with Crippen molar-refractivity contribution in [1.82, 2.24) is 9.97 Å². The predicted octanol–water partition coefficient (Wildman–Crippen LogP) is 1.35. The normalized spacial score (nSPS) is 13.0. The summed E-state index contributed by atoms with van der Waals surface area (Å²) in [5.41, 5.74) is -0.658. The maximum Gasteiger partial charge on any atom is 0.141 e.